The quantitative estimate of drug-likeness (QED) is 0.889. The molecule has 3 rings (SSSR count). The average Bonchev–Trinajstić information content (AvgIpc) is 2.92. The highest BCUT2D eigenvalue weighted by Crippen LogP contribution is 2.37. The van der Waals surface area contributed by atoms with Gasteiger partial charge in [-0.25, -0.2) is 9.97 Å². The second kappa shape index (κ2) is 5.09. The molecule has 2 fully saturated rings. The first-order chi connectivity index (χ1) is 10.1. The molecule has 1 aromatic heterocycles. The number of aromatic nitrogens is 2. The van der Waals surface area contributed by atoms with Gasteiger partial charge in [0.15, 0.2) is 0 Å². The van der Waals surface area contributed by atoms with Crippen LogP contribution in [0.15, 0.2) is 18.7 Å². The van der Waals surface area contributed by atoms with Gasteiger partial charge < -0.3 is 5.32 Å². The number of hydrogen-bond acceptors (Lipinski definition) is 4. The van der Waals surface area contributed by atoms with Crippen molar-refractivity contribution in [2.75, 3.05) is 4.90 Å². The zero-order valence-electron chi connectivity index (χ0n) is 12.4. The van der Waals surface area contributed by atoms with Crippen molar-refractivity contribution in [2.24, 2.45) is 5.92 Å². The molecule has 6 heteroatoms. The van der Waals surface area contributed by atoms with Crippen molar-refractivity contribution in [1.82, 2.24) is 15.3 Å². The molecule has 0 radical (unpaired) electrons. The first-order valence-corrected chi connectivity index (χ1v) is 7.46. The molecule has 2 aliphatic rings. The summed E-state index contributed by atoms with van der Waals surface area (Å²) in [4.78, 5) is 35.2. The van der Waals surface area contributed by atoms with Gasteiger partial charge in [0.25, 0.3) is 5.91 Å². The van der Waals surface area contributed by atoms with Crippen molar-refractivity contribution >= 4 is 17.5 Å². The molecule has 1 N–H and O–H groups in total. The van der Waals surface area contributed by atoms with E-state index in [4.69, 9.17) is 0 Å². The standard InChI is InChI=1S/C15H20N4O2/c1-10(2)12-13(20)18-15(5-3-4-6-15)14(21)19(12)11-7-16-9-17-8-11/h7-10,12H,3-6H2,1-2H3,(H,18,20). The van der Waals surface area contributed by atoms with Gasteiger partial charge in [0.05, 0.1) is 18.1 Å². The second-order valence-electron chi connectivity index (χ2n) is 6.24. The summed E-state index contributed by atoms with van der Waals surface area (Å²) in [7, 11) is 0. The van der Waals surface area contributed by atoms with Crippen LogP contribution in [0.1, 0.15) is 39.5 Å². The van der Waals surface area contributed by atoms with Crippen LogP contribution in [0.4, 0.5) is 5.69 Å². The van der Waals surface area contributed by atoms with Crippen LogP contribution in [-0.4, -0.2) is 33.4 Å². The van der Waals surface area contributed by atoms with E-state index in [2.05, 4.69) is 15.3 Å². The summed E-state index contributed by atoms with van der Waals surface area (Å²) in [5.74, 6) is -0.0728. The molecule has 0 aromatic carbocycles. The summed E-state index contributed by atoms with van der Waals surface area (Å²) in [6.45, 7) is 3.89. The summed E-state index contributed by atoms with van der Waals surface area (Å²) < 4.78 is 0. The fraction of sp³-hybridized carbons (Fsp3) is 0.600. The first-order valence-electron chi connectivity index (χ1n) is 7.46. The molecule has 112 valence electrons. The lowest BCUT2D eigenvalue weighted by Crippen LogP contribution is -2.71. The van der Waals surface area contributed by atoms with Gasteiger partial charge in [-0.15, -0.1) is 0 Å². The van der Waals surface area contributed by atoms with Crippen LogP contribution < -0.4 is 10.2 Å². The van der Waals surface area contributed by atoms with Crippen molar-refractivity contribution < 1.29 is 9.59 Å². The maximum absolute atomic E-state index is 13.1. The Balaban J connectivity index is 2.05. The van der Waals surface area contributed by atoms with Crippen molar-refractivity contribution in [1.29, 1.82) is 0 Å². The lowest BCUT2D eigenvalue weighted by molar-refractivity contribution is -0.139. The Morgan fingerprint density at radius 3 is 2.43 bits per heavy atom. The Morgan fingerprint density at radius 2 is 1.86 bits per heavy atom. The zero-order chi connectivity index (χ0) is 15.0. The third kappa shape index (κ3) is 2.18. The van der Waals surface area contributed by atoms with Gasteiger partial charge in [-0.05, 0) is 18.8 Å². The highest BCUT2D eigenvalue weighted by molar-refractivity contribution is 6.11. The highest BCUT2D eigenvalue weighted by Gasteiger charge is 2.53. The molecule has 1 aromatic rings. The predicted octanol–water partition coefficient (Wildman–Crippen LogP) is 1.28. The number of rotatable bonds is 2. The molecule has 21 heavy (non-hydrogen) atoms. The summed E-state index contributed by atoms with van der Waals surface area (Å²) in [6.07, 6.45) is 7.99. The van der Waals surface area contributed by atoms with E-state index < -0.39 is 11.6 Å². The molecule has 2 heterocycles. The van der Waals surface area contributed by atoms with Crippen molar-refractivity contribution in [3.8, 4) is 0 Å². The average molecular weight is 288 g/mol. The summed E-state index contributed by atoms with van der Waals surface area (Å²) in [6, 6.07) is -0.505. The van der Waals surface area contributed by atoms with Gasteiger partial charge in [0, 0.05) is 0 Å². The molecule has 1 aliphatic carbocycles. The zero-order valence-corrected chi connectivity index (χ0v) is 12.4. The topological polar surface area (TPSA) is 75.2 Å². The van der Waals surface area contributed by atoms with E-state index >= 15 is 0 Å². The molecule has 2 amide bonds. The summed E-state index contributed by atoms with van der Waals surface area (Å²) in [5, 5.41) is 3.00. The molecular weight excluding hydrogens is 268 g/mol. The Morgan fingerprint density at radius 1 is 1.24 bits per heavy atom. The number of anilines is 1. The minimum absolute atomic E-state index is 0.0203. The molecule has 6 nitrogen and oxygen atoms in total. The number of amides is 2. The maximum atomic E-state index is 13.1. The van der Waals surface area contributed by atoms with Crippen LogP contribution >= 0.6 is 0 Å². The molecule has 1 atom stereocenters. The third-order valence-electron chi connectivity index (χ3n) is 4.45. The van der Waals surface area contributed by atoms with Gasteiger partial charge in [0.1, 0.15) is 17.9 Å². The Kier molecular flexibility index (Phi) is 3.39. The Hall–Kier alpha value is -1.98. The van der Waals surface area contributed by atoms with Crippen LogP contribution in [0.5, 0.6) is 0 Å². The van der Waals surface area contributed by atoms with Crippen LogP contribution in [-0.2, 0) is 9.59 Å². The number of hydrogen-bond donors (Lipinski definition) is 1. The van der Waals surface area contributed by atoms with E-state index in [0.717, 1.165) is 12.8 Å². The normalized spacial score (nSPS) is 24.7. The van der Waals surface area contributed by atoms with Crippen molar-refractivity contribution in [3.05, 3.63) is 18.7 Å². The molecule has 1 saturated heterocycles. The highest BCUT2D eigenvalue weighted by atomic mass is 16.2. The van der Waals surface area contributed by atoms with Gasteiger partial charge in [0.2, 0.25) is 5.91 Å². The number of nitrogens with one attached hydrogen (secondary N) is 1. The largest absolute Gasteiger partial charge is 0.340 e. The molecule has 1 spiro atoms. The van der Waals surface area contributed by atoms with Crippen LogP contribution in [0.2, 0.25) is 0 Å². The third-order valence-corrected chi connectivity index (χ3v) is 4.45. The number of carbonyl (C=O) groups excluding carboxylic acids is 2. The molecular formula is C15H20N4O2. The van der Waals surface area contributed by atoms with Crippen LogP contribution in [0.3, 0.4) is 0 Å². The van der Waals surface area contributed by atoms with E-state index in [1.807, 2.05) is 13.8 Å². The summed E-state index contributed by atoms with van der Waals surface area (Å²) in [5.41, 5.74) is -0.125. The van der Waals surface area contributed by atoms with E-state index in [-0.39, 0.29) is 17.7 Å². The minimum atomic E-state index is -0.724. The lowest BCUT2D eigenvalue weighted by atomic mass is 9.87. The van der Waals surface area contributed by atoms with Gasteiger partial charge in [-0.2, -0.15) is 0 Å². The number of nitrogens with zero attached hydrogens (tertiary/aromatic N) is 3. The van der Waals surface area contributed by atoms with E-state index in [1.54, 1.807) is 17.3 Å². The van der Waals surface area contributed by atoms with Crippen molar-refractivity contribution in [3.63, 3.8) is 0 Å². The van der Waals surface area contributed by atoms with Gasteiger partial charge in [-0.1, -0.05) is 26.7 Å². The maximum Gasteiger partial charge on any atom is 0.253 e. The lowest BCUT2D eigenvalue weighted by Gasteiger charge is -2.45. The molecule has 0 bridgehead atoms. The Bertz CT molecular complexity index is 552. The minimum Gasteiger partial charge on any atom is -0.340 e. The molecule has 1 saturated carbocycles. The van der Waals surface area contributed by atoms with E-state index in [0.29, 0.717) is 18.5 Å². The predicted molar refractivity (Wildman–Crippen MR) is 77.5 cm³/mol. The smallest absolute Gasteiger partial charge is 0.253 e. The van der Waals surface area contributed by atoms with Crippen molar-refractivity contribution in [2.45, 2.75) is 51.1 Å². The van der Waals surface area contributed by atoms with E-state index in [1.165, 1.54) is 6.33 Å². The summed E-state index contributed by atoms with van der Waals surface area (Å²) >= 11 is 0. The Labute approximate surface area is 124 Å². The van der Waals surface area contributed by atoms with Crippen LogP contribution in [0, 0.1) is 5.92 Å². The SMILES string of the molecule is CC(C)C1C(=O)NC2(CCCC2)C(=O)N1c1cncnc1. The molecule has 1 aliphatic heterocycles. The number of carbonyl (C=O) groups is 2. The number of piperazine rings is 1. The van der Waals surface area contributed by atoms with E-state index in [9.17, 15) is 9.59 Å². The fourth-order valence-electron chi connectivity index (χ4n) is 3.45. The van der Waals surface area contributed by atoms with Crippen LogP contribution in [0.25, 0.3) is 0 Å². The fourth-order valence-corrected chi connectivity index (χ4v) is 3.45. The monoisotopic (exact) mass is 288 g/mol. The second-order valence-corrected chi connectivity index (χ2v) is 6.24. The molecule has 1 unspecified atom stereocenters. The van der Waals surface area contributed by atoms with Gasteiger partial charge >= 0.3 is 0 Å². The first kappa shape index (κ1) is 14.0. The van der Waals surface area contributed by atoms with Gasteiger partial charge in [-0.3, -0.25) is 14.5 Å².